The molecule has 5 heterocycles. The molecule has 296 valence electrons. The van der Waals surface area contributed by atoms with E-state index in [0.29, 0.717) is 29.5 Å². The van der Waals surface area contributed by atoms with E-state index < -0.39 is 69.0 Å². The normalized spacial score (nSPS) is 11.9. The van der Waals surface area contributed by atoms with Crippen LogP contribution in [0.4, 0.5) is 46.5 Å². The molecule has 0 radical (unpaired) electrons. The fraction of sp³-hybridized carbons (Fsp3) is 0.140. The average Bonchev–Trinajstić information content (AvgIpc) is 4.06. The number of H-pyrrole nitrogens is 3. The number of benzene rings is 3. The summed E-state index contributed by atoms with van der Waals surface area (Å²) in [4.78, 5) is 14.0. The summed E-state index contributed by atoms with van der Waals surface area (Å²) in [5, 5.41) is 4.84. The fourth-order valence-corrected chi connectivity index (χ4v) is 7.37. The Kier molecular flexibility index (Phi) is 10.3. The molecule has 0 fully saturated rings. The minimum Gasteiger partial charge on any atom is -0.380 e. The molecule has 1 aliphatic heterocycles. The Labute approximate surface area is 333 Å². The number of nitrogens with zero attached hydrogens (tertiary/aromatic N) is 1. The smallest absolute Gasteiger partial charge is 0.185 e. The number of halogens is 9. The quantitative estimate of drug-likeness (QED) is 0.0740. The summed E-state index contributed by atoms with van der Waals surface area (Å²) in [7, 11) is 0. The molecule has 0 saturated carbocycles. The Morgan fingerprint density at radius 1 is 0.448 bits per heavy atom. The van der Waals surface area contributed by atoms with Crippen LogP contribution in [0.15, 0.2) is 65.1 Å². The van der Waals surface area contributed by atoms with Crippen molar-refractivity contribution in [3.8, 4) is 33.4 Å². The molecule has 5 N–H and O–H groups in total. The van der Waals surface area contributed by atoms with Crippen LogP contribution < -0.4 is 10.6 Å². The van der Waals surface area contributed by atoms with Crippen molar-refractivity contribution < 1.29 is 35.1 Å². The largest absolute Gasteiger partial charge is 0.380 e. The second-order valence-corrected chi connectivity index (χ2v) is 14.5. The number of hydrogen-bond donors (Lipinski definition) is 5. The van der Waals surface area contributed by atoms with Crippen molar-refractivity contribution in [1.29, 1.82) is 0 Å². The number of fused-ring (bicyclic) bond motifs is 9. The van der Waals surface area contributed by atoms with Crippen molar-refractivity contribution >= 4 is 72.6 Å². The maximum atomic E-state index is 16.2. The summed E-state index contributed by atoms with van der Waals surface area (Å²) >= 11 is 3.42. The first-order chi connectivity index (χ1) is 27.9. The molecule has 4 aromatic heterocycles. The summed E-state index contributed by atoms with van der Waals surface area (Å²) in [6.07, 6.45) is 3.82. The van der Waals surface area contributed by atoms with E-state index in [2.05, 4.69) is 41.5 Å². The van der Waals surface area contributed by atoms with Crippen LogP contribution in [0.2, 0.25) is 0 Å². The van der Waals surface area contributed by atoms with Gasteiger partial charge >= 0.3 is 0 Å². The molecule has 1 aliphatic rings. The second kappa shape index (κ2) is 15.3. The Morgan fingerprint density at radius 3 is 1.26 bits per heavy atom. The third kappa shape index (κ3) is 6.46. The molecule has 58 heavy (non-hydrogen) atoms. The van der Waals surface area contributed by atoms with E-state index in [4.69, 9.17) is 4.98 Å². The molecular weight excluding hydrogens is 832 g/mol. The van der Waals surface area contributed by atoms with E-state index >= 15 is 35.1 Å². The van der Waals surface area contributed by atoms with Gasteiger partial charge in [-0.25, -0.2) is 40.1 Å². The van der Waals surface area contributed by atoms with Crippen LogP contribution in [0, 0.1) is 46.5 Å². The van der Waals surface area contributed by atoms with Gasteiger partial charge in [0.1, 0.15) is 11.4 Å². The van der Waals surface area contributed by atoms with E-state index in [9.17, 15) is 0 Å². The first-order valence-corrected chi connectivity index (χ1v) is 19.0. The highest BCUT2D eigenvalue weighted by molar-refractivity contribution is 9.10. The second-order valence-electron chi connectivity index (χ2n) is 13.6. The highest BCUT2D eigenvalue weighted by Crippen LogP contribution is 2.42. The SMILES string of the molecule is CCCNc1c(F)c(F)c(-c2c3nc(c(-c4ccc(Br)cc4)c4ccc([nH]4)c(-c4c(F)c(F)c(NCCC)c(F)c4F)c4ccc([nH]4)c4ccc2[nH]4)C=C3)c(F)c1F. The maximum absolute atomic E-state index is 16.2. The molecule has 0 aliphatic carbocycles. The molecule has 6 nitrogen and oxygen atoms in total. The lowest BCUT2D eigenvalue weighted by Gasteiger charge is -2.14. The van der Waals surface area contributed by atoms with Crippen molar-refractivity contribution in [3.05, 3.63) is 123 Å². The van der Waals surface area contributed by atoms with Crippen LogP contribution in [-0.2, 0) is 0 Å². The highest BCUT2D eigenvalue weighted by atomic mass is 79.9. The predicted molar refractivity (Wildman–Crippen MR) is 216 cm³/mol. The number of aromatic amines is 3. The van der Waals surface area contributed by atoms with E-state index in [1.807, 2.05) is 0 Å². The van der Waals surface area contributed by atoms with Crippen LogP contribution in [0.5, 0.6) is 0 Å². The lowest BCUT2D eigenvalue weighted by atomic mass is 10.0. The molecule has 7 aromatic rings. The molecular formula is C43H31BrF8N6. The van der Waals surface area contributed by atoms with Gasteiger partial charge in [-0.3, -0.25) is 0 Å². The Morgan fingerprint density at radius 2 is 0.810 bits per heavy atom. The zero-order valence-electron chi connectivity index (χ0n) is 30.6. The summed E-state index contributed by atoms with van der Waals surface area (Å²) < 4.78 is 128. The molecule has 0 amide bonds. The molecule has 0 unspecified atom stereocenters. The zero-order chi connectivity index (χ0) is 41.0. The number of aromatic nitrogens is 4. The van der Waals surface area contributed by atoms with E-state index in [1.54, 1.807) is 44.2 Å². The third-order valence-electron chi connectivity index (χ3n) is 9.84. The Hall–Kier alpha value is -6.09. The molecule has 8 bridgehead atoms. The van der Waals surface area contributed by atoms with Gasteiger partial charge in [0.2, 0.25) is 0 Å². The van der Waals surface area contributed by atoms with Crippen LogP contribution in [0.25, 0.3) is 78.6 Å². The number of anilines is 2. The van der Waals surface area contributed by atoms with Gasteiger partial charge in [0.05, 0.1) is 33.5 Å². The average molecular weight is 864 g/mol. The van der Waals surface area contributed by atoms with Gasteiger partial charge in [-0.1, -0.05) is 41.9 Å². The Balaban J connectivity index is 1.53. The summed E-state index contributed by atoms with van der Waals surface area (Å²) in [5.41, 5.74) is -2.44. The van der Waals surface area contributed by atoms with Crippen LogP contribution in [0.3, 0.4) is 0 Å². The topological polar surface area (TPSA) is 84.3 Å². The highest BCUT2D eigenvalue weighted by Gasteiger charge is 2.31. The van der Waals surface area contributed by atoms with Gasteiger partial charge in [-0.05, 0) is 79.1 Å². The molecule has 0 saturated heterocycles. The third-order valence-corrected chi connectivity index (χ3v) is 10.4. The first-order valence-electron chi connectivity index (χ1n) is 18.2. The van der Waals surface area contributed by atoms with Gasteiger partial charge in [-0.2, -0.15) is 0 Å². The first kappa shape index (κ1) is 38.8. The van der Waals surface area contributed by atoms with Gasteiger partial charge in [-0.15, -0.1) is 0 Å². The maximum Gasteiger partial charge on any atom is 0.185 e. The van der Waals surface area contributed by atoms with Crippen LogP contribution in [-0.4, -0.2) is 33.0 Å². The molecule has 0 atom stereocenters. The van der Waals surface area contributed by atoms with Gasteiger partial charge in [0.25, 0.3) is 0 Å². The predicted octanol–water partition coefficient (Wildman–Crippen LogP) is 13.2. The fourth-order valence-electron chi connectivity index (χ4n) is 7.11. The number of hydrogen-bond acceptors (Lipinski definition) is 3. The zero-order valence-corrected chi connectivity index (χ0v) is 32.2. The van der Waals surface area contributed by atoms with Crippen molar-refractivity contribution in [2.75, 3.05) is 23.7 Å². The van der Waals surface area contributed by atoms with E-state index in [0.717, 1.165) is 4.47 Å². The van der Waals surface area contributed by atoms with Crippen molar-refractivity contribution in [2.45, 2.75) is 26.7 Å². The monoisotopic (exact) mass is 862 g/mol. The van der Waals surface area contributed by atoms with Gasteiger partial charge in [0, 0.05) is 56.3 Å². The summed E-state index contributed by atoms with van der Waals surface area (Å²) in [6.45, 7) is 3.54. The Bertz CT molecular complexity index is 2870. The summed E-state index contributed by atoms with van der Waals surface area (Å²) in [6, 6.07) is 15.9. The van der Waals surface area contributed by atoms with Crippen LogP contribution in [0.1, 0.15) is 38.1 Å². The lowest BCUT2D eigenvalue weighted by Crippen LogP contribution is -2.10. The van der Waals surface area contributed by atoms with Crippen molar-refractivity contribution in [2.24, 2.45) is 0 Å². The number of nitrogens with one attached hydrogen (secondary N) is 5. The molecule has 15 heteroatoms. The van der Waals surface area contributed by atoms with Crippen molar-refractivity contribution in [1.82, 2.24) is 19.9 Å². The minimum absolute atomic E-state index is 0.00361. The molecule has 8 rings (SSSR count). The minimum atomic E-state index is -1.65. The van der Waals surface area contributed by atoms with E-state index in [-0.39, 0.29) is 63.2 Å². The van der Waals surface area contributed by atoms with E-state index in [1.165, 1.54) is 42.5 Å². The lowest BCUT2D eigenvalue weighted by molar-refractivity contribution is 0.462. The standard InChI is InChI=1S/C43H31BrF8N6/c1-3-17-53-42-38(49)34(45)32(35(46)39(42)50)30-25-11-9-21(55-25)22-10-12-26(56-22)31(33-36(47)40(51)43(54-18-4-2)41(52)37(33)48)28-16-14-24(58-28)29(23-13-15-27(30)57-23)19-5-7-20(44)8-6-19/h5-16,53-57H,3-4,17-18H2,1-2H3. The van der Waals surface area contributed by atoms with Gasteiger partial charge in [0.15, 0.2) is 46.5 Å². The van der Waals surface area contributed by atoms with Crippen molar-refractivity contribution in [3.63, 3.8) is 0 Å². The molecule has 3 aromatic carbocycles. The molecule has 0 spiro atoms. The van der Waals surface area contributed by atoms with Crippen LogP contribution >= 0.6 is 15.9 Å². The number of rotatable bonds is 9. The summed E-state index contributed by atoms with van der Waals surface area (Å²) in [5.74, 6) is -13.1. The van der Waals surface area contributed by atoms with Gasteiger partial charge < -0.3 is 25.6 Å².